The molecule has 2 rings (SSSR count). The van der Waals surface area contributed by atoms with Crippen LogP contribution in [0.25, 0.3) is 0 Å². The van der Waals surface area contributed by atoms with Crippen LogP contribution in [0.1, 0.15) is 12.2 Å². The predicted octanol–water partition coefficient (Wildman–Crippen LogP) is -0.553. The second kappa shape index (κ2) is 6.36. The molecule has 94 valence electrons. The Bertz CT molecular complexity index is 333. The fourth-order valence-electron chi connectivity index (χ4n) is 1.76. The minimum absolute atomic E-state index is 0.0177. The van der Waals surface area contributed by atoms with E-state index in [1.54, 1.807) is 12.4 Å². The van der Waals surface area contributed by atoms with E-state index in [9.17, 15) is 4.79 Å². The fraction of sp³-hybridized carbons (Fsp3) is 0.636. The van der Waals surface area contributed by atoms with Crippen molar-refractivity contribution in [1.82, 2.24) is 20.6 Å². The molecule has 1 atom stereocenters. The Labute approximate surface area is 100 Å². The summed E-state index contributed by atoms with van der Waals surface area (Å²) in [5.41, 5.74) is 0. The lowest BCUT2D eigenvalue weighted by atomic mass is 10.2. The third-order valence-electron chi connectivity index (χ3n) is 2.68. The van der Waals surface area contributed by atoms with E-state index in [-0.39, 0.29) is 11.9 Å². The van der Waals surface area contributed by atoms with Gasteiger partial charge in [0.15, 0.2) is 0 Å². The number of carbonyl (C=O) groups is 1. The lowest BCUT2D eigenvalue weighted by Gasteiger charge is -2.22. The molecular weight excluding hydrogens is 220 g/mol. The second-order valence-electron chi connectivity index (χ2n) is 4.01. The van der Waals surface area contributed by atoms with Crippen molar-refractivity contribution in [3.8, 4) is 0 Å². The van der Waals surface area contributed by atoms with Crippen molar-refractivity contribution in [1.29, 1.82) is 0 Å². The topological polar surface area (TPSA) is 79.0 Å². The van der Waals surface area contributed by atoms with E-state index in [0.717, 1.165) is 25.2 Å². The largest absolute Gasteiger partial charge is 0.378 e. The number of hydrogen-bond acceptors (Lipinski definition) is 4. The Balaban J connectivity index is 1.59. The molecule has 1 fully saturated rings. The first-order valence-corrected chi connectivity index (χ1v) is 5.93. The van der Waals surface area contributed by atoms with Crippen molar-refractivity contribution in [3.63, 3.8) is 0 Å². The third-order valence-corrected chi connectivity index (χ3v) is 2.68. The Morgan fingerprint density at radius 1 is 1.65 bits per heavy atom. The summed E-state index contributed by atoms with van der Waals surface area (Å²) in [7, 11) is 0. The second-order valence-corrected chi connectivity index (χ2v) is 4.01. The molecule has 0 bridgehead atoms. The molecule has 6 heteroatoms. The van der Waals surface area contributed by atoms with Crippen molar-refractivity contribution in [2.75, 3.05) is 26.3 Å². The number of ether oxygens (including phenoxy) is 1. The van der Waals surface area contributed by atoms with Crippen LogP contribution in [0.5, 0.6) is 0 Å². The molecule has 17 heavy (non-hydrogen) atoms. The molecule has 0 aliphatic carbocycles. The van der Waals surface area contributed by atoms with E-state index in [1.807, 2.05) is 0 Å². The van der Waals surface area contributed by atoms with Gasteiger partial charge in [-0.1, -0.05) is 0 Å². The molecule has 1 aliphatic rings. The fourth-order valence-corrected chi connectivity index (χ4v) is 1.76. The first-order valence-electron chi connectivity index (χ1n) is 5.93. The molecular formula is C11H18N4O2. The van der Waals surface area contributed by atoms with Gasteiger partial charge in [0, 0.05) is 31.9 Å². The highest BCUT2D eigenvalue weighted by molar-refractivity contribution is 5.81. The maximum Gasteiger partial charge on any atom is 0.239 e. The summed E-state index contributed by atoms with van der Waals surface area (Å²) in [6.45, 7) is 2.55. The zero-order valence-corrected chi connectivity index (χ0v) is 9.74. The first-order chi connectivity index (χ1) is 8.36. The molecule has 1 saturated heterocycles. The number of rotatable bonds is 5. The van der Waals surface area contributed by atoms with Gasteiger partial charge in [-0.25, -0.2) is 4.98 Å². The van der Waals surface area contributed by atoms with Gasteiger partial charge in [-0.15, -0.1) is 0 Å². The van der Waals surface area contributed by atoms with Crippen LogP contribution in [0.3, 0.4) is 0 Å². The lowest BCUT2D eigenvalue weighted by Crippen LogP contribution is -2.51. The van der Waals surface area contributed by atoms with Crippen molar-refractivity contribution >= 4 is 5.91 Å². The average molecular weight is 238 g/mol. The van der Waals surface area contributed by atoms with E-state index >= 15 is 0 Å². The van der Waals surface area contributed by atoms with Gasteiger partial charge in [0.1, 0.15) is 11.9 Å². The SMILES string of the molecule is O=C(NCCCc1ncc[nH]1)C1COCCN1. The molecule has 3 N–H and O–H groups in total. The number of morpholine rings is 1. The van der Waals surface area contributed by atoms with Gasteiger partial charge in [-0.05, 0) is 6.42 Å². The van der Waals surface area contributed by atoms with Crippen LogP contribution in [0.2, 0.25) is 0 Å². The van der Waals surface area contributed by atoms with Gasteiger partial charge in [-0.3, -0.25) is 4.79 Å². The third kappa shape index (κ3) is 3.83. The molecule has 0 spiro atoms. The molecule has 1 amide bonds. The Kier molecular flexibility index (Phi) is 4.52. The van der Waals surface area contributed by atoms with Crippen LogP contribution in [0.4, 0.5) is 0 Å². The number of aryl methyl sites for hydroxylation is 1. The van der Waals surface area contributed by atoms with Crippen molar-refractivity contribution in [2.24, 2.45) is 0 Å². The highest BCUT2D eigenvalue weighted by atomic mass is 16.5. The number of nitrogens with one attached hydrogen (secondary N) is 3. The summed E-state index contributed by atoms with van der Waals surface area (Å²) in [4.78, 5) is 18.8. The summed E-state index contributed by atoms with van der Waals surface area (Å²) < 4.78 is 5.23. The maximum absolute atomic E-state index is 11.7. The molecule has 1 aromatic rings. The molecule has 0 radical (unpaired) electrons. The zero-order valence-electron chi connectivity index (χ0n) is 9.74. The van der Waals surface area contributed by atoms with E-state index in [0.29, 0.717) is 19.8 Å². The van der Waals surface area contributed by atoms with Gasteiger partial charge in [0.2, 0.25) is 5.91 Å². The highest BCUT2D eigenvalue weighted by Gasteiger charge is 2.20. The smallest absolute Gasteiger partial charge is 0.239 e. The maximum atomic E-state index is 11.7. The van der Waals surface area contributed by atoms with E-state index in [1.165, 1.54) is 0 Å². The van der Waals surface area contributed by atoms with Gasteiger partial charge >= 0.3 is 0 Å². The monoisotopic (exact) mass is 238 g/mol. The first kappa shape index (κ1) is 12.1. The number of carbonyl (C=O) groups excluding carboxylic acids is 1. The Morgan fingerprint density at radius 3 is 3.29 bits per heavy atom. The molecule has 0 saturated carbocycles. The Hall–Kier alpha value is -1.40. The van der Waals surface area contributed by atoms with Gasteiger partial charge in [0.25, 0.3) is 0 Å². The summed E-state index contributed by atoms with van der Waals surface area (Å²) in [6, 6.07) is -0.202. The number of aromatic nitrogens is 2. The standard InChI is InChI=1S/C11H18N4O2/c16-11(9-8-17-7-6-12-9)15-3-1-2-10-13-4-5-14-10/h4-5,9,12H,1-3,6-8H2,(H,13,14)(H,15,16). The van der Waals surface area contributed by atoms with Crippen LogP contribution in [0, 0.1) is 0 Å². The van der Waals surface area contributed by atoms with E-state index in [2.05, 4.69) is 20.6 Å². The highest BCUT2D eigenvalue weighted by Crippen LogP contribution is 1.95. The van der Waals surface area contributed by atoms with Crippen LogP contribution < -0.4 is 10.6 Å². The van der Waals surface area contributed by atoms with Gasteiger partial charge in [0.05, 0.1) is 13.2 Å². The average Bonchev–Trinajstić information content (AvgIpc) is 2.88. The van der Waals surface area contributed by atoms with Crippen molar-refractivity contribution in [2.45, 2.75) is 18.9 Å². The van der Waals surface area contributed by atoms with Crippen molar-refractivity contribution < 1.29 is 9.53 Å². The number of H-pyrrole nitrogens is 1. The van der Waals surface area contributed by atoms with Gasteiger partial charge < -0.3 is 20.4 Å². The summed E-state index contributed by atoms with van der Waals surface area (Å²) in [6.07, 6.45) is 5.27. The molecule has 1 unspecified atom stereocenters. The molecule has 2 heterocycles. The number of imidazole rings is 1. The summed E-state index contributed by atoms with van der Waals surface area (Å²) in [5, 5.41) is 6.01. The van der Waals surface area contributed by atoms with Crippen LogP contribution in [-0.4, -0.2) is 48.2 Å². The molecule has 6 nitrogen and oxygen atoms in total. The number of hydrogen-bond donors (Lipinski definition) is 3. The van der Waals surface area contributed by atoms with Crippen LogP contribution in [0.15, 0.2) is 12.4 Å². The van der Waals surface area contributed by atoms with E-state index < -0.39 is 0 Å². The number of amides is 1. The molecule has 1 aromatic heterocycles. The zero-order chi connectivity index (χ0) is 11.9. The van der Waals surface area contributed by atoms with Crippen LogP contribution in [-0.2, 0) is 16.0 Å². The van der Waals surface area contributed by atoms with Gasteiger partial charge in [-0.2, -0.15) is 0 Å². The minimum Gasteiger partial charge on any atom is -0.378 e. The summed E-state index contributed by atoms with van der Waals surface area (Å²) >= 11 is 0. The van der Waals surface area contributed by atoms with E-state index in [4.69, 9.17) is 4.74 Å². The molecule has 0 aromatic carbocycles. The summed E-state index contributed by atoms with van der Waals surface area (Å²) in [5.74, 6) is 0.975. The normalized spacial score (nSPS) is 20.1. The predicted molar refractivity (Wildman–Crippen MR) is 62.5 cm³/mol. The number of aromatic amines is 1. The van der Waals surface area contributed by atoms with Crippen molar-refractivity contribution in [3.05, 3.63) is 18.2 Å². The lowest BCUT2D eigenvalue weighted by molar-refractivity contribution is -0.125. The minimum atomic E-state index is -0.202. The Morgan fingerprint density at radius 2 is 2.59 bits per heavy atom. The quantitative estimate of drug-likeness (QED) is 0.601. The molecule has 1 aliphatic heterocycles. The number of nitrogens with zero attached hydrogens (tertiary/aromatic N) is 1. The van der Waals surface area contributed by atoms with Crippen LogP contribution >= 0.6 is 0 Å².